The second kappa shape index (κ2) is 5.55. The number of aromatic hydroxyl groups is 1. The summed E-state index contributed by atoms with van der Waals surface area (Å²) in [5, 5.41) is 13.1. The van der Waals surface area contributed by atoms with Crippen LogP contribution in [0.3, 0.4) is 0 Å². The molecule has 3 rings (SSSR count). The average molecular weight is 269 g/mol. The first kappa shape index (κ1) is 13.0. The quantitative estimate of drug-likeness (QED) is 0.900. The van der Waals surface area contributed by atoms with Crippen molar-refractivity contribution in [2.75, 3.05) is 13.7 Å². The van der Waals surface area contributed by atoms with E-state index in [4.69, 9.17) is 4.74 Å². The predicted octanol–water partition coefficient (Wildman–Crippen LogP) is 2.83. The number of fused-ring (bicyclic) bond motifs is 1. The number of hydrogen-bond acceptors (Lipinski definition) is 3. The number of rotatable bonds is 3. The smallest absolute Gasteiger partial charge is 0.119 e. The summed E-state index contributed by atoms with van der Waals surface area (Å²) in [5.74, 6) is 1.25. The van der Waals surface area contributed by atoms with Gasteiger partial charge in [-0.25, -0.2) is 0 Å². The van der Waals surface area contributed by atoms with Gasteiger partial charge in [0, 0.05) is 6.04 Å². The highest BCUT2D eigenvalue weighted by atomic mass is 16.5. The molecule has 3 heteroatoms. The molecule has 1 aliphatic heterocycles. The van der Waals surface area contributed by atoms with Gasteiger partial charge in [0.05, 0.1) is 7.11 Å². The molecule has 0 saturated heterocycles. The molecule has 2 aromatic carbocycles. The van der Waals surface area contributed by atoms with Crippen molar-refractivity contribution in [3.63, 3.8) is 0 Å². The second-order valence-corrected chi connectivity index (χ2v) is 5.20. The van der Waals surface area contributed by atoms with Gasteiger partial charge in [-0.2, -0.15) is 0 Å². The molecule has 0 aliphatic carbocycles. The summed E-state index contributed by atoms with van der Waals surface area (Å²) in [7, 11) is 1.70. The molecular weight excluding hydrogens is 250 g/mol. The van der Waals surface area contributed by atoms with Crippen molar-refractivity contribution in [2.45, 2.75) is 18.9 Å². The summed E-state index contributed by atoms with van der Waals surface area (Å²) < 4.78 is 5.30. The van der Waals surface area contributed by atoms with Gasteiger partial charge in [-0.05, 0) is 60.3 Å². The third-order valence-corrected chi connectivity index (χ3v) is 3.86. The van der Waals surface area contributed by atoms with Crippen LogP contribution in [0.2, 0.25) is 0 Å². The fourth-order valence-corrected chi connectivity index (χ4v) is 2.86. The topological polar surface area (TPSA) is 41.5 Å². The third kappa shape index (κ3) is 2.63. The molecule has 0 radical (unpaired) electrons. The molecule has 0 saturated carbocycles. The van der Waals surface area contributed by atoms with Crippen LogP contribution in [-0.2, 0) is 12.8 Å². The molecule has 1 atom stereocenters. The zero-order chi connectivity index (χ0) is 13.9. The van der Waals surface area contributed by atoms with Crippen LogP contribution in [0.15, 0.2) is 42.5 Å². The summed E-state index contributed by atoms with van der Waals surface area (Å²) in [6.07, 6.45) is 1.91. The Morgan fingerprint density at radius 3 is 2.95 bits per heavy atom. The summed E-state index contributed by atoms with van der Waals surface area (Å²) in [6.45, 7) is 0.976. The number of nitrogens with one attached hydrogen (secondary N) is 1. The molecule has 1 aliphatic rings. The van der Waals surface area contributed by atoms with Crippen LogP contribution >= 0.6 is 0 Å². The molecule has 1 unspecified atom stereocenters. The Kier molecular flexibility index (Phi) is 3.61. The average Bonchev–Trinajstić information content (AvgIpc) is 2.47. The Morgan fingerprint density at radius 1 is 1.25 bits per heavy atom. The molecule has 0 fully saturated rings. The van der Waals surface area contributed by atoms with Crippen molar-refractivity contribution in [1.29, 1.82) is 0 Å². The number of methoxy groups -OCH3 is 1. The Labute approximate surface area is 119 Å². The zero-order valence-corrected chi connectivity index (χ0v) is 11.6. The number of ether oxygens (including phenoxy) is 1. The molecule has 3 nitrogen and oxygen atoms in total. The van der Waals surface area contributed by atoms with Crippen LogP contribution in [0.1, 0.15) is 22.7 Å². The van der Waals surface area contributed by atoms with Crippen molar-refractivity contribution in [2.24, 2.45) is 0 Å². The fourth-order valence-electron chi connectivity index (χ4n) is 2.86. The van der Waals surface area contributed by atoms with Crippen LogP contribution in [0.25, 0.3) is 0 Å². The van der Waals surface area contributed by atoms with E-state index in [1.165, 1.54) is 11.1 Å². The molecule has 1 heterocycles. The minimum absolute atomic E-state index is 0.298. The van der Waals surface area contributed by atoms with Gasteiger partial charge in [0.15, 0.2) is 0 Å². The number of phenols is 1. The van der Waals surface area contributed by atoms with E-state index in [1.807, 2.05) is 18.2 Å². The molecule has 2 N–H and O–H groups in total. The van der Waals surface area contributed by atoms with Gasteiger partial charge in [0.1, 0.15) is 11.5 Å². The molecular formula is C17H19NO2. The summed E-state index contributed by atoms with van der Waals surface area (Å²) in [5.41, 5.74) is 3.83. The highest BCUT2D eigenvalue weighted by Gasteiger charge is 2.20. The first-order chi connectivity index (χ1) is 9.76. The van der Waals surface area contributed by atoms with Crippen molar-refractivity contribution in [3.05, 3.63) is 59.2 Å². The van der Waals surface area contributed by atoms with Gasteiger partial charge in [-0.3, -0.25) is 0 Å². The summed E-state index contributed by atoms with van der Waals surface area (Å²) >= 11 is 0. The van der Waals surface area contributed by atoms with E-state index in [2.05, 4.69) is 23.5 Å². The van der Waals surface area contributed by atoms with Crippen LogP contribution in [-0.4, -0.2) is 18.8 Å². The van der Waals surface area contributed by atoms with Gasteiger partial charge in [0.2, 0.25) is 0 Å². The van der Waals surface area contributed by atoms with E-state index < -0.39 is 0 Å². The van der Waals surface area contributed by atoms with Crippen molar-refractivity contribution in [1.82, 2.24) is 5.32 Å². The SMILES string of the molecule is COc1ccc2c(c1)CCNC2Cc1cccc(O)c1. The minimum atomic E-state index is 0.298. The lowest BCUT2D eigenvalue weighted by Crippen LogP contribution is -2.31. The Hall–Kier alpha value is -2.00. The summed E-state index contributed by atoms with van der Waals surface area (Å²) in [4.78, 5) is 0. The van der Waals surface area contributed by atoms with E-state index in [9.17, 15) is 5.11 Å². The van der Waals surface area contributed by atoms with E-state index >= 15 is 0 Å². The van der Waals surface area contributed by atoms with Gasteiger partial charge in [-0.15, -0.1) is 0 Å². The first-order valence-electron chi connectivity index (χ1n) is 6.94. The largest absolute Gasteiger partial charge is 0.508 e. The standard InChI is InChI=1S/C17H19NO2/c1-20-15-5-6-16-13(11-15)7-8-18-17(16)10-12-3-2-4-14(19)9-12/h2-6,9,11,17-19H,7-8,10H2,1H3. The monoisotopic (exact) mass is 269 g/mol. The van der Waals surface area contributed by atoms with Crippen molar-refractivity contribution in [3.8, 4) is 11.5 Å². The fraction of sp³-hybridized carbons (Fsp3) is 0.294. The highest BCUT2D eigenvalue weighted by molar-refractivity contribution is 5.40. The van der Waals surface area contributed by atoms with Gasteiger partial charge >= 0.3 is 0 Å². The molecule has 0 spiro atoms. The van der Waals surface area contributed by atoms with Gasteiger partial charge in [0.25, 0.3) is 0 Å². The number of phenolic OH excluding ortho intramolecular Hbond substituents is 1. The van der Waals surface area contributed by atoms with Crippen LogP contribution < -0.4 is 10.1 Å². The van der Waals surface area contributed by atoms with E-state index in [0.717, 1.165) is 30.7 Å². The van der Waals surface area contributed by atoms with E-state index in [-0.39, 0.29) is 0 Å². The van der Waals surface area contributed by atoms with Crippen LogP contribution in [0.5, 0.6) is 11.5 Å². The summed E-state index contributed by atoms with van der Waals surface area (Å²) in [6, 6.07) is 14.1. The Bertz CT molecular complexity index is 610. The first-order valence-corrected chi connectivity index (χ1v) is 6.94. The molecule has 104 valence electrons. The maximum absolute atomic E-state index is 9.57. The maximum Gasteiger partial charge on any atom is 0.119 e. The third-order valence-electron chi connectivity index (χ3n) is 3.86. The highest BCUT2D eigenvalue weighted by Crippen LogP contribution is 2.29. The lowest BCUT2D eigenvalue weighted by molar-refractivity contribution is 0.412. The number of hydrogen-bond donors (Lipinski definition) is 2. The zero-order valence-electron chi connectivity index (χ0n) is 11.6. The Balaban J connectivity index is 1.86. The second-order valence-electron chi connectivity index (χ2n) is 5.20. The molecule has 0 aromatic heterocycles. The predicted molar refractivity (Wildman–Crippen MR) is 79.3 cm³/mol. The molecule has 0 bridgehead atoms. The normalized spacial score (nSPS) is 17.6. The minimum Gasteiger partial charge on any atom is -0.508 e. The van der Waals surface area contributed by atoms with E-state index in [1.54, 1.807) is 13.2 Å². The molecule has 0 amide bonds. The van der Waals surface area contributed by atoms with Crippen molar-refractivity contribution >= 4 is 0 Å². The Morgan fingerprint density at radius 2 is 2.15 bits per heavy atom. The van der Waals surface area contributed by atoms with E-state index in [0.29, 0.717) is 11.8 Å². The molecule has 2 aromatic rings. The lowest BCUT2D eigenvalue weighted by Gasteiger charge is -2.27. The lowest BCUT2D eigenvalue weighted by atomic mass is 9.90. The van der Waals surface area contributed by atoms with Crippen LogP contribution in [0, 0.1) is 0 Å². The van der Waals surface area contributed by atoms with Crippen molar-refractivity contribution < 1.29 is 9.84 Å². The van der Waals surface area contributed by atoms with Gasteiger partial charge in [-0.1, -0.05) is 18.2 Å². The number of benzene rings is 2. The van der Waals surface area contributed by atoms with Crippen LogP contribution in [0.4, 0.5) is 0 Å². The molecule has 20 heavy (non-hydrogen) atoms. The van der Waals surface area contributed by atoms with Gasteiger partial charge < -0.3 is 15.2 Å². The maximum atomic E-state index is 9.57.